The van der Waals surface area contributed by atoms with Gasteiger partial charge in [0.15, 0.2) is 5.11 Å². The summed E-state index contributed by atoms with van der Waals surface area (Å²) >= 11 is 12.4. The Balaban J connectivity index is 1.48. The Bertz CT molecular complexity index is 1390. The molecule has 0 spiro atoms. The van der Waals surface area contributed by atoms with Crippen LogP contribution in [0.3, 0.4) is 0 Å². The van der Waals surface area contributed by atoms with Crippen LogP contribution in [0.2, 0.25) is 5.02 Å². The molecule has 0 unspecified atom stereocenters. The van der Waals surface area contributed by atoms with E-state index in [0.29, 0.717) is 0 Å². The molecule has 5 rings (SSSR count). The van der Waals surface area contributed by atoms with Gasteiger partial charge in [-0.1, -0.05) is 41.9 Å². The van der Waals surface area contributed by atoms with Crippen molar-refractivity contribution in [2.45, 2.75) is 39.3 Å². The molecule has 1 fully saturated rings. The third kappa shape index (κ3) is 5.09. The number of para-hydroxylation sites is 1. The Labute approximate surface area is 229 Å². The number of pyridine rings is 1. The first-order valence-corrected chi connectivity index (χ1v) is 13.5. The third-order valence-electron chi connectivity index (χ3n) is 7.15. The molecule has 0 aliphatic carbocycles. The molecule has 7 heteroatoms. The summed E-state index contributed by atoms with van der Waals surface area (Å²) in [6.07, 6.45) is 2.80. The Kier molecular flexibility index (Phi) is 7.49. The quantitative estimate of drug-likeness (QED) is 0.191. The second kappa shape index (κ2) is 11.0. The van der Waals surface area contributed by atoms with Gasteiger partial charge in [-0.05, 0) is 93.0 Å². The number of hydrogen-bond acceptors (Lipinski definition) is 3. The van der Waals surface area contributed by atoms with E-state index in [-0.39, 0.29) is 12.1 Å². The van der Waals surface area contributed by atoms with Crippen LogP contribution in [0, 0.1) is 20.8 Å². The van der Waals surface area contributed by atoms with Crippen molar-refractivity contribution in [1.82, 2.24) is 19.8 Å². The summed E-state index contributed by atoms with van der Waals surface area (Å²) in [6.45, 7) is 8.12. The number of anilines is 1. The number of nitrogens with zero attached hydrogens (tertiary/aromatic N) is 3. The minimum absolute atomic E-state index is 0.0264. The van der Waals surface area contributed by atoms with E-state index in [0.717, 1.165) is 52.3 Å². The number of halogens is 1. The molecule has 37 heavy (non-hydrogen) atoms. The number of thiocarbonyl (C=S) groups is 1. The smallest absolute Gasteiger partial charge is 0.170 e. The maximum absolute atomic E-state index is 6.50. The van der Waals surface area contributed by atoms with E-state index in [9.17, 15) is 0 Å². The van der Waals surface area contributed by atoms with Crippen LogP contribution in [0.25, 0.3) is 5.69 Å². The zero-order valence-corrected chi connectivity index (χ0v) is 23.0. The molecule has 0 bridgehead atoms. The largest absolute Gasteiger partial charge is 0.385 e. The predicted octanol–water partition coefficient (Wildman–Crippen LogP) is 6.93. The van der Waals surface area contributed by atoms with Crippen LogP contribution >= 0.6 is 23.8 Å². The number of aromatic nitrogens is 2. The summed E-state index contributed by atoms with van der Waals surface area (Å²) in [5.41, 5.74) is 7.90. The molecule has 2 aromatic heterocycles. The molecule has 1 aliphatic heterocycles. The summed E-state index contributed by atoms with van der Waals surface area (Å²) in [7, 11) is 0. The standard InChI is InChI=1S/C30H32ClN5S/c1-20-19-24(22(3)36(20)27-15-9-13-25(31)21(27)2)29-28(26-14-7-8-16-33-26)34-30(37)35(29)18-10-17-32-23-11-5-4-6-12-23/h4-9,11-16,19,28-29,32H,10,17-18H2,1-3H3,(H,34,37)/t28-,29-/m0/s1. The fraction of sp³-hybridized carbons (Fsp3) is 0.267. The van der Waals surface area contributed by atoms with Crippen molar-refractivity contribution in [3.05, 3.63) is 112 Å². The van der Waals surface area contributed by atoms with Crippen molar-refractivity contribution in [1.29, 1.82) is 0 Å². The number of aryl methyl sites for hydroxylation is 1. The van der Waals surface area contributed by atoms with Gasteiger partial charge < -0.3 is 20.1 Å². The number of benzene rings is 2. The lowest BCUT2D eigenvalue weighted by atomic mass is 9.96. The van der Waals surface area contributed by atoms with E-state index in [2.05, 4.69) is 71.2 Å². The molecular formula is C30H32ClN5S. The van der Waals surface area contributed by atoms with Gasteiger partial charge in [0.1, 0.15) is 0 Å². The molecule has 1 saturated heterocycles. The van der Waals surface area contributed by atoms with Crippen molar-refractivity contribution in [2.24, 2.45) is 0 Å². The van der Waals surface area contributed by atoms with Gasteiger partial charge in [0.05, 0.1) is 17.8 Å². The van der Waals surface area contributed by atoms with Crippen molar-refractivity contribution in [2.75, 3.05) is 18.4 Å². The summed E-state index contributed by atoms with van der Waals surface area (Å²) in [4.78, 5) is 7.03. The zero-order valence-electron chi connectivity index (χ0n) is 21.4. The van der Waals surface area contributed by atoms with Gasteiger partial charge >= 0.3 is 0 Å². The van der Waals surface area contributed by atoms with Crippen LogP contribution in [0.15, 0.2) is 79.0 Å². The average molecular weight is 530 g/mol. The lowest BCUT2D eigenvalue weighted by Gasteiger charge is -2.28. The molecule has 2 aromatic carbocycles. The third-order valence-corrected chi connectivity index (χ3v) is 7.91. The van der Waals surface area contributed by atoms with Gasteiger partial charge in [-0.3, -0.25) is 4.98 Å². The van der Waals surface area contributed by atoms with Crippen molar-refractivity contribution in [3.8, 4) is 5.69 Å². The summed E-state index contributed by atoms with van der Waals surface area (Å²) < 4.78 is 2.31. The van der Waals surface area contributed by atoms with Gasteiger partial charge in [0, 0.05) is 47.1 Å². The van der Waals surface area contributed by atoms with Crippen molar-refractivity contribution in [3.63, 3.8) is 0 Å². The second-order valence-electron chi connectivity index (χ2n) is 9.51. The van der Waals surface area contributed by atoms with Crippen molar-refractivity contribution < 1.29 is 0 Å². The van der Waals surface area contributed by atoms with E-state index < -0.39 is 0 Å². The van der Waals surface area contributed by atoms with E-state index in [1.807, 2.05) is 48.7 Å². The lowest BCUT2D eigenvalue weighted by Crippen LogP contribution is -2.31. The van der Waals surface area contributed by atoms with Gasteiger partial charge in [-0.2, -0.15) is 0 Å². The van der Waals surface area contributed by atoms with Crippen LogP contribution in [0.1, 0.15) is 46.7 Å². The molecule has 2 N–H and O–H groups in total. The van der Waals surface area contributed by atoms with E-state index >= 15 is 0 Å². The first-order chi connectivity index (χ1) is 18.0. The Hall–Kier alpha value is -3.35. The summed E-state index contributed by atoms with van der Waals surface area (Å²) in [5.74, 6) is 0. The number of nitrogens with one attached hydrogen (secondary N) is 2. The average Bonchev–Trinajstić information content (AvgIpc) is 3.39. The Morgan fingerprint density at radius 2 is 1.78 bits per heavy atom. The van der Waals surface area contributed by atoms with Crippen LogP contribution in [-0.2, 0) is 0 Å². The molecule has 2 atom stereocenters. The highest BCUT2D eigenvalue weighted by atomic mass is 35.5. The lowest BCUT2D eigenvalue weighted by molar-refractivity contribution is 0.315. The van der Waals surface area contributed by atoms with E-state index in [1.54, 1.807) is 0 Å². The maximum atomic E-state index is 6.50. The minimum atomic E-state index is -0.0369. The maximum Gasteiger partial charge on any atom is 0.170 e. The van der Waals surface area contributed by atoms with Crippen LogP contribution in [0.5, 0.6) is 0 Å². The summed E-state index contributed by atoms with van der Waals surface area (Å²) in [6, 6.07) is 24.7. The fourth-order valence-electron chi connectivity index (χ4n) is 5.32. The highest BCUT2D eigenvalue weighted by Crippen LogP contribution is 2.41. The highest BCUT2D eigenvalue weighted by molar-refractivity contribution is 7.80. The topological polar surface area (TPSA) is 45.1 Å². The Morgan fingerprint density at radius 1 is 1.00 bits per heavy atom. The van der Waals surface area contributed by atoms with Crippen LogP contribution < -0.4 is 10.6 Å². The Morgan fingerprint density at radius 3 is 2.54 bits per heavy atom. The van der Waals surface area contributed by atoms with Crippen molar-refractivity contribution >= 4 is 34.6 Å². The van der Waals surface area contributed by atoms with Gasteiger partial charge in [0.25, 0.3) is 0 Å². The molecule has 0 saturated carbocycles. The molecule has 1 aliphatic rings. The predicted molar refractivity (Wildman–Crippen MR) is 157 cm³/mol. The molecule has 190 valence electrons. The first kappa shape index (κ1) is 25.3. The second-order valence-corrected chi connectivity index (χ2v) is 10.3. The van der Waals surface area contributed by atoms with Gasteiger partial charge in [-0.15, -0.1) is 0 Å². The molecular weight excluding hydrogens is 498 g/mol. The monoisotopic (exact) mass is 529 g/mol. The first-order valence-electron chi connectivity index (χ1n) is 12.7. The van der Waals surface area contributed by atoms with Gasteiger partial charge in [-0.25, -0.2) is 0 Å². The normalized spacial score (nSPS) is 17.2. The van der Waals surface area contributed by atoms with E-state index in [1.165, 1.54) is 17.0 Å². The van der Waals surface area contributed by atoms with Gasteiger partial charge in [0.2, 0.25) is 0 Å². The van der Waals surface area contributed by atoms with E-state index in [4.69, 9.17) is 28.8 Å². The summed E-state index contributed by atoms with van der Waals surface area (Å²) in [5, 5.41) is 8.65. The van der Waals surface area contributed by atoms with Crippen LogP contribution in [-0.4, -0.2) is 32.7 Å². The fourth-order valence-corrected chi connectivity index (χ4v) is 5.82. The molecule has 0 radical (unpaired) electrons. The molecule has 0 amide bonds. The van der Waals surface area contributed by atoms with Crippen LogP contribution in [0.4, 0.5) is 5.69 Å². The SMILES string of the molecule is Cc1c(Cl)cccc1-n1c(C)cc([C@H]2[C@H](c3ccccn3)NC(=S)N2CCCNc2ccccc2)c1C. The molecule has 3 heterocycles. The molecule has 5 nitrogen and oxygen atoms in total. The number of rotatable bonds is 8. The zero-order chi connectivity index (χ0) is 25.9. The highest BCUT2D eigenvalue weighted by Gasteiger charge is 2.41. The molecule has 4 aromatic rings. The number of hydrogen-bond donors (Lipinski definition) is 2. The minimum Gasteiger partial charge on any atom is -0.385 e.